The van der Waals surface area contributed by atoms with Gasteiger partial charge in [-0.3, -0.25) is 4.57 Å². The second-order valence-electron chi connectivity index (χ2n) is 3.77. The number of ether oxygens (including phenoxy) is 1. The molecule has 1 aromatic heterocycles. The first-order valence-corrected chi connectivity index (χ1v) is 5.49. The molecule has 0 spiro atoms. The molecule has 0 fully saturated rings. The summed E-state index contributed by atoms with van der Waals surface area (Å²) < 4.78 is 6.34. The van der Waals surface area contributed by atoms with Gasteiger partial charge in [0.05, 0.1) is 6.61 Å². The molecular formula is C10H16N4O4. The van der Waals surface area contributed by atoms with Gasteiger partial charge in [0.25, 0.3) is 0 Å². The van der Waals surface area contributed by atoms with Crippen LogP contribution in [-0.4, -0.2) is 33.1 Å². The molecule has 1 unspecified atom stereocenters. The Balaban J connectivity index is 2.96. The molecule has 1 rings (SSSR count). The Bertz CT molecular complexity index is 469. The molecule has 0 amide bonds. The van der Waals surface area contributed by atoms with Crippen LogP contribution in [0.4, 0.5) is 11.6 Å². The zero-order valence-electron chi connectivity index (χ0n) is 10.8. The molecular weight excluding hydrogens is 240 g/mol. The number of hydrogen-bond donors (Lipinski definition) is 1. The Labute approximate surface area is 104 Å². The fourth-order valence-corrected chi connectivity index (χ4v) is 1.41. The molecule has 0 aliphatic heterocycles. The van der Waals surface area contributed by atoms with E-state index in [1.165, 1.54) is 4.57 Å². The summed E-state index contributed by atoms with van der Waals surface area (Å²) in [6.45, 7) is 5.18. The fourth-order valence-electron chi connectivity index (χ4n) is 1.41. The minimum Gasteiger partial charge on any atom is -0.464 e. The molecule has 0 saturated heterocycles. The van der Waals surface area contributed by atoms with Crippen molar-refractivity contribution in [3.05, 3.63) is 15.9 Å². The van der Waals surface area contributed by atoms with Crippen molar-refractivity contribution >= 4 is 17.6 Å². The molecule has 0 saturated carbocycles. The number of esters is 1. The van der Waals surface area contributed by atoms with Gasteiger partial charge in [-0.15, -0.1) is 0 Å². The third kappa shape index (κ3) is 2.76. The van der Waals surface area contributed by atoms with Gasteiger partial charge < -0.3 is 20.2 Å². The highest BCUT2D eigenvalue weighted by Gasteiger charge is 2.26. The number of carbonyl (C=O) groups is 1. The van der Waals surface area contributed by atoms with E-state index in [0.29, 0.717) is 5.82 Å². The lowest BCUT2D eigenvalue weighted by Gasteiger charge is -2.13. The van der Waals surface area contributed by atoms with Gasteiger partial charge in [-0.05, 0) is 23.8 Å². The fraction of sp³-hybridized carbons (Fsp3) is 0.600. The van der Waals surface area contributed by atoms with Gasteiger partial charge in [-0.2, -0.15) is 0 Å². The first-order chi connectivity index (χ1) is 8.38. The van der Waals surface area contributed by atoms with Gasteiger partial charge in [0.1, 0.15) is 6.04 Å². The molecule has 0 aliphatic rings. The minimum atomic E-state index is -0.682. The average Bonchev–Trinajstić information content (AvgIpc) is 2.57. The first-order valence-electron chi connectivity index (χ1n) is 5.49. The Morgan fingerprint density at radius 2 is 2.28 bits per heavy atom. The smallest absolute Gasteiger partial charge is 0.406 e. The van der Waals surface area contributed by atoms with Gasteiger partial charge in [0.15, 0.2) is 0 Å². The maximum absolute atomic E-state index is 11.5. The molecule has 8 heteroatoms. The molecule has 1 N–H and O–H groups in total. The number of nitro groups is 1. The molecule has 18 heavy (non-hydrogen) atoms. The largest absolute Gasteiger partial charge is 0.464 e. The van der Waals surface area contributed by atoms with Crippen molar-refractivity contribution in [3.63, 3.8) is 0 Å². The second kappa shape index (κ2) is 5.48. The molecule has 0 aromatic carbocycles. The topological polar surface area (TPSA) is 99.3 Å². The summed E-state index contributed by atoms with van der Waals surface area (Å²) in [7, 11) is 1.63. The number of carbonyl (C=O) groups excluding carboxylic acids is 1. The summed E-state index contributed by atoms with van der Waals surface area (Å²) >= 11 is 0. The lowest BCUT2D eigenvalue weighted by Crippen LogP contribution is -2.29. The van der Waals surface area contributed by atoms with E-state index in [2.05, 4.69) is 10.3 Å². The van der Waals surface area contributed by atoms with Crippen LogP contribution < -0.4 is 5.32 Å². The van der Waals surface area contributed by atoms with Gasteiger partial charge in [0.2, 0.25) is 11.6 Å². The van der Waals surface area contributed by atoms with Crippen LogP contribution in [0.3, 0.4) is 0 Å². The number of imidazole rings is 1. The van der Waals surface area contributed by atoms with E-state index in [0.717, 1.165) is 0 Å². The highest BCUT2D eigenvalue weighted by atomic mass is 16.6. The molecule has 8 nitrogen and oxygen atoms in total. The Kier molecular flexibility index (Phi) is 4.24. The minimum absolute atomic E-state index is 0.193. The summed E-state index contributed by atoms with van der Waals surface area (Å²) in [5.74, 6) is -0.0879. The van der Waals surface area contributed by atoms with E-state index in [1.807, 2.05) is 0 Å². The highest BCUT2D eigenvalue weighted by Crippen LogP contribution is 2.24. The van der Waals surface area contributed by atoms with Crippen LogP contribution in [-0.2, 0) is 16.6 Å². The van der Waals surface area contributed by atoms with E-state index in [-0.39, 0.29) is 18.2 Å². The van der Waals surface area contributed by atoms with E-state index >= 15 is 0 Å². The molecule has 1 aromatic rings. The Morgan fingerprint density at radius 3 is 2.78 bits per heavy atom. The third-order valence-electron chi connectivity index (χ3n) is 2.47. The number of aromatic nitrogens is 2. The number of rotatable bonds is 5. The molecule has 100 valence electrons. The van der Waals surface area contributed by atoms with Gasteiger partial charge in [0, 0.05) is 14.0 Å². The monoisotopic (exact) mass is 256 g/mol. The Morgan fingerprint density at radius 1 is 1.67 bits per heavy atom. The molecule has 0 radical (unpaired) electrons. The third-order valence-corrected chi connectivity index (χ3v) is 2.47. The quantitative estimate of drug-likeness (QED) is 0.479. The van der Waals surface area contributed by atoms with Crippen molar-refractivity contribution in [1.29, 1.82) is 0 Å². The maximum Gasteiger partial charge on any atom is 0.406 e. The molecule has 0 aliphatic carbocycles. The zero-order valence-corrected chi connectivity index (χ0v) is 10.8. The van der Waals surface area contributed by atoms with Gasteiger partial charge >= 0.3 is 11.8 Å². The normalized spacial score (nSPS) is 12.0. The van der Waals surface area contributed by atoms with Crippen LogP contribution in [0.2, 0.25) is 0 Å². The lowest BCUT2D eigenvalue weighted by atomic mass is 10.3. The zero-order chi connectivity index (χ0) is 13.9. The van der Waals surface area contributed by atoms with E-state index in [1.54, 1.807) is 27.8 Å². The van der Waals surface area contributed by atoms with Crippen LogP contribution in [0, 0.1) is 17.0 Å². The summed E-state index contributed by atoms with van der Waals surface area (Å²) in [6, 6.07) is -0.682. The number of nitrogens with zero attached hydrogens (tertiary/aromatic N) is 3. The van der Waals surface area contributed by atoms with Crippen molar-refractivity contribution in [3.8, 4) is 0 Å². The number of hydrogen-bond acceptors (Lipinski definition) is 6. The predicted octanol–water partition coefficient (Wildman–Crippen LogP) is 1.00. The van der Waals surface area contributed by atoms with Crippen LogP contribution in [0.1, 0.15) is 19.7 Å². The molecule has 1 atom stereocenters. The average molecular weight is 256 g/mol. The second-order valence-corrected chi connectivity index (χ2v) is 3.77. The summed E-state index contributed by atoms with van der Waals surface area (Å²) in [4.78, 5) is 25.5. The molecule has 0 bridgehead atoms. The van der Waals surface area contributed by atoms with E-state index in [4.69, 9.17) is 4.74 Å². The summed E-state index contributed by atoms with van der Waals surface area (Å²) in [5.41, 5.74) is 0. The van der Waals surface area contributed by atoms with Crippen LogP contribution in [0.5, 0.6) is 0 Å². The highest BCUT2D eigenvalue weighted by molar-refractivity contribution is 5.79. The van der Waals surface area contributed by atoms with Crippen molar-refractivity contribution in [1.82, 2.24) is 9.55 Å². The summed E-state index contributed by atoms with van der Waals surface area (Å²) in [5, 5.41) is 13.6. The summed E-state index contributed by atoms with van der Waals surface area (Å²) in [6.07, 6.45) is 0. The number of aryl methyl sites for hydroxylation is 1. The van der Waals surface area contributed by atoms with Crippen LogP contribution >= 0.6 is 0 Å². The SMILES string of the molecule is CCOC(=O)C(C)Nc1c([N+](=O)[O-])nc(C)n1C. The van der Waals surface area contributed by atoms with Crippen molar-refractivity contribution in [2.75, 3.05) is 11.9 Å². The van der Waals surface area contributed by atoms with E-state index < -0.39 is 16.9 Å². The first kappa shape index (κ1) is 13.9. The Hall–Kier alpha value is -2.12. The number of nitrogens with one attached hydrogen (secondary N) is 1. The van der Waals surface area contributed by atoms with Gasteiger partial charge in [-0.25, -0.2) is 4.79 Å². The van der Waals surface area contributed by atoms with Crippen molar-refractivity contribution < 1.29 is 14.5 Å². The van der Waals surface area contributed by atoms with Gasteiger partial charge in [-0.1, -0.05) is 0 Å². The predicted molar refractivity (Wildman–Crippen MR) is 64.3 cm³/mol. The lowest BCUT2D eigenvalue weighted by molar-refractivity contribution is -0.388. The standard InChI is InChI=1S/C10H16N4O4/c1-5-18-10(15)6(2)11-8-9(14(16)17)12-7(3)13(8)4/h6,11H,5H2,1-4H3. The number of anilines is 1. The van der Waals surface area contributed by atoms with E-state index in [9.17, 15) is 14.9 Å². The van der Waals surface area contributed by atoms with Crippen LogP contribution in [0.25, 0.3) is 0 Å². The van der Waals surface area contributed by atoms with Crippen molar-refractivity contribution in [2.45, 2.75) is 26.8 Å². The maximum atomic E-state index is 11.5. The molecule has 1 heterocycles. The van der Waals surface area contributed by atoms with Crippen LogP contribution in [0.15, 0.2) is 0 Å². The van der Waals surface area contributed by atoms with Crippen molar-refractivity contribution in [2.24, 2.45) is 7.05 Å².